The third-order valence-electron chi connectivity index (χ3n) is 3.60. The number of nitrogens with two attached hydrogens (primary N) is 1. The molecule has 1 aromatic carbocycles. The summed E-state index contributed by atoms with van der Waals surface area (Å²) >= 11 is 5.88. The van der Waals surface area contributed by atoms with Crippen LogP contribution in [0.15, 0.2) is 18.2 Å². The Hall–Kier alpha value is -0.840. The van der Waals surface area contributed by atoms with E-state index in [1.807, 2.05) is 6.92 Å². The minimum Gasteiger partial charge on any atom is -0.334 e. The zero-order chi connectivity index (χ0) is 14.0. The maximum absolute atomic E-state index is 13.4. The zero-order valence-electron chi connectivity index (χ0n) is 11.3. The highest BCUT2D eigenvalue weighted by Gasteiger charge is 2.31. The number of carbonyl (C=O) groups is 1. The molecule has 2 rings (SSSR count). The molecule has 1 aliphatic rings. The van der Waals surface area contributed by atoms with Crippen molar-refractivity contribution in [2.45, 2.75) is 38.3 Å². The highest BCUT2D eigenvalue weighted by molar-refractivity contribution is 6.34. The van der Waals surface area contributed by atoms with Crippen LogP contribution < -0.4 is 5.73 Å². The van der Waals surface area contributed by atoms with E-state index in [2.05, 4.69) is 0 Å². The Kier molecular flexibility index (Phi) is 6.24. The summed E-state index contributed by atoms with van der Waals surface area (Å²) in [5.41, 5.74) is 6.16. The van der Waals surface area contributed by atoms with Crippen molar-refractivity contribution >= 4 is 29.9 Å². The fourth-order valence-corrected chi connectivity index (χ4v) is 2.79. The molecular formula is C14H19Cl2FN2O. The number of carbonyl (C=O) groups excluding carboxylic acids is 1. The van der Waals surface area contributed by atoms with Gasteiger partial charge < -0.3 is 10.6 Å². The third kappa shape index (κ3) is 3.43. The van der Waals surface area contributed by atoms with Crippen LogP contribution in [0.2, 0.25) is 5.02 Å². The van der Waals surface area contributed by atoms with Crippen LogP contribution in [-0.2, 0) is 0 Å². The van der Waals surface area contributed by atoms with Crippen LogP contribution >= 0.6 is 24.0 Å². The predicted octanol–water partition coefficient (Wildman–Crippen LogP) is 3.24. The summed E-state index contributed by atoms with van der Waals surface area (Å²) in [6, 6.07) is 4.20. The molecule has 0 bridgehead atoms. The summed E-state index contributed by atoms with van der Waals surface area (Å²) < 4.78 is 13.4. The monoisotopic (exact) mass is 320 g/mol. The summed E-state index contributed by atoms with van der Waals surface area (Å²) in [5, 5.41) is -0.110. The molecule has 2 unspecified atom stereocenters. The van der Waals surface area contributed by atoms with E-state index in [0.717, 1.165) is 19.3 Å². The summed E-state index contributed by atoms with van der Waals surface area (Å²) in [6.45, 7) is 2.54. The Labute approximate surface area is 129 Å². The molecule has 0 aliphatic carbocycles. The van der Waals surface area contributed by atoms with Gasteiger partial charge in [-0.25, -0.2) is 4.39 Å². The fraction of sp³-hybridized carbons (Fsp3) is 0.500. The minimum absolute atomic E-state index is 0. The topological polar surface area (TPSA) is 46.3 Å². The van der Waals surface area contributed by atoms with E-state index in [4.69, 9.17) is 17.3 Å². The minimum atomic E-state index is -0.568. The van der Waals surface area contributed by atoms with Crippen LogP contribution in [0, 0.1) is 5.82 Å². The quantitative estimate of drug-likeness (QED) is 0.909. The van der Waals surface area contributed by atoms with Gasteiger partial charge in [-0.3, -0.25) is 4.79 Å². The van der Waals surface area contributed by atoms with Crippen LogP contribution in [0.3, 0.4) is 0 Å². The average Bonchev–Trinajstić information content (AvgIpc) is 2.41. The molecule has 20 heavy (non-hydrogen) atoms. The molecule has 1 aromatic rings. The van der Waals surface area contributed by atoms with Crippen molar-refractivity contribution in [3.8, 4) is 0 Å². The maximum Gasteiger partial charge on any atom is 0.255 e. The van der Waals surface area contributed by atoms with E-state index in [9.17, 15) is 9.18 Å². The van der Waals surface area contributed by atoms with Crippen LogP contribution in [-0.4, -0.2) is 29.4 Å². The highest BCUT2D eigenvalue weighted by atomic mass is 35.5. The lowest BCUT2D eigenvalue weighted by molar-refractivity contribution is 0.0583. The first-order valence-electron chi connectivity index (χ1n) is 6.53. The molecule has 1 amide bonds. The number of piperidine rings is 1. The van der Waals surface area contributed by atoms with E-state index < -0.39 is 5.82 Å². The lowest BCUT2D eigenvalue weighted by Crippen LogP contribution is -2.51. The smallest absolute Gasteiger partial charge is 0.255 e. The second kappa shape index (κ2) is 7.25. The SMILES string of the molecule is CC(N)C1CCCCN1C(=O)c1cccc(F)c1Cl.Cl. The van der Waals surface area contributed by atoms with E-state index in [1.54, 1.807) is 11.0 Å². The first-order valence-corrected chi connectivity index (χ1v) is 6.90. The molecule has 0 aromatic heterocycles. The van der Waals surface area contributed by atoms with Crippen molar-refractivity contribution in [3.63, 3.8) is 0 Å². The highest BCUT2D eigenvalue weighted by Crippen LogP contribution is 2.26. The largest absolute Gasteiger partial charge is 0.334 e. The predicted molar refractivity (Wildman–Crippen MR) is 81.0 cm³/mol. The number of rotatable bonds is 2. The number of benzene rings is 1. The normalized spacial score (nSPS) is 20.2. The fourth-order valence-electron chi connectivity index (χ4n) is 2.58. The molecule has 1 heterocycles. The van der Waals surface area contributed by atoms with Gasteiger partial charge in [0.05, 0.1) is 10.6 Å². The lowest BCUT2D eigenvalue weighted by Gasteiger charge is -2.38. The van der Waals surface area contributed by atoms with Crippen molar-refractivity contribution < 1.29 is 9.18 Å². The van der Waals surface area contributed by atoms with Crippen LogP contribution in [0.5, 0.6) is 0 Å². The van der Waals surface area contributed by atoms with Gasteiger partial charge in [0.2, 0.25) is 0 Å². The molecule has 1 fully saturated rings. The van der Waals surface area contributed by atoms with Crippen molar-refractivity contribution in [1.82, 2.24) is 4.90 Å². The number of likely N-dealkylation sites (tertiary alicyclic amines) is 1. The molecule has 6 heteroatoms. The summed E-state index contributed by atoms with van der Waals surface area (Å²) in [4.78, 5) is 14.2. The number of amides is 1. The van der Waals surface area contributed by atoms with Gasteiger partial charge in [0.15, 0.2) is 0 Å². The van der Waals surface area contributed by atoms with Gasteiger partial charge in [-0.1, -0.05) is 17.7 Å². The van der Waals surface area contributed by atoms with Crippen LogP contribution in [0.1, 0.15) is 36.5 Å². The van der Waals surface area contributed by atoms with Gasteiger partial charge in [-0.2, -0.15) is 0 Å². The summed E-state index contributed by atoms with van der Waals surface area (Å²) in [5.74, 6) is -0.798. The maximum atomic E-state index is 13.4. The van der Waals surface area contributed by atoms with Crippen molar-refractivity contribution in [2.75, 3.05) is 6.54 Å². The Bertz CT molecular complexity index is 482. The van der Waals surface area contributed by atoms with Gasteiger partial charge >= 0.3 is 0 Å². The van der Waals surface area contributed by atoms with E-state index >= 15 is 0 Å². The van der Waals surface area contributed by atoms with Crippen molar-refractivity contribution in [2.24, 2.45) is 5.73 Å². The molecular weight excluding hydrogens is 302 g/mol. The third-order valence-corrected chi connectivity index (χ3v) is 3.98. The molecule has 2 N–H and O–H groups in total. The van der Waals surface area contributed by atoms with E-state index in [-0.39, 0.29) is 41.0 Å². The van der Waals surface area contributed by atoms with Crippen molar-refractivity contribution in [3.05, 3.63) is 34.6 Å². The Balaban J connectivity index is 0.00000200. The van der Waals surface area contributed by atoms with E-state index in [1.165, 1.54) is 12.1 Å². The lowest BCUT2D eigenvalue weighted by atomic mass is 9.96. The average molecular weight is 321 g/mol. The molecule has 1 saturated heterocycles. The standard InChI is InChI=1S/C14H18ClFN2O.ClH/c1-9(17)12-7-2-3-8-18(12)14(19)10-5-4-6-11(16)13(10)15;/h4-6,9,12H,2-3,7-8,17H2,1H3;1H. The molecule has 112 valence electrons. The first-order chi connectivity index (χ1) is 9.02. The van der Waals surface area contributed by atoms with Gasteiger partial charge in [0.25, 0.3) is 5.91 Å². The molecule has 2 atom stereocenters. The van der Waals surface area contributed by atoms with Gasteiger partial charge in [0, 0.05) is 18.6 Å². The number of nitrogens with zero attached hydrogens (tertiary/aromatic N) is 1. The molecule has 3 nitrogen and oxygen atoms in total. The second-order valence-corrected chi connectivity index (χ2v) is 5.40. The Morgan fingerprint density at radius 1 is 1.50 bits per heavy atom. The van der Waals surface area contributed by atoms with Gasteiger partial charge in [-0.05, 0) is 38.3 Å². The second-order valence-electron chi connectivity index (χ2n) is 5.02. The summed E-state index contributed by atoms with van der Waals surface area (Å²) in [7, 11) is 0. The molecule has 0 radical (unpaired) electrons. The summed E-state index contributed by atoms with van der Waals surface area (Å²) in [6.07, 6.45) is 2.89. The Morgan fingerprint density at radius 3 is 2.85 bits per heavy atom. The zero-order valence-corrected chi connectivity index (χ0v) is 12.9. The molecule has 0 spiro atoms. The number of hydrogen-bond acceptors (Lipinski definition) is 2. The van der Waals surface area contributed by atoms with Crippen LogP contribution in [0.25, 0.3) is 0 Å². The number of halogens is 3. The molecule has 0 saturated carbocycles. The first kappa shape index (κ1) is 17.2. The van der Waals surface area contributed by atoms with Gasteiger partial charge in [0.1, 0.15) is 5.82 Å². The number of hydrogen-bond donors (Lipinski definition) is 1. The molecule has 1 aliphatic heterocycles. The van der Waals surface area contributed by atoms with Gasteiger partial charge in [-0.15, -0.1) is 12.4 Å². The van der Waals surface area contributed by atoms with Crippen molar-refractivity contribution in [1.29, 1.82) is 0 Å². The van der Waals surface area contributed by atoms with Crippen LogP contribution in [0.4, 0.5) is 4.39 Å². The Morgan fingerprint density at radius 2 is 2.20 bits per heavy atom. The van der Waals surface area contributed by atoms with E-state index in [0.29, 0.717) is 6.54 Å².